The van der Waals surface area contributed by atoms with Crippen LogP contribution in [0.5, 0.6) is 5.75 Å². The molecule has 170 valence electrons. The average Bonchev–Trinajstić information content (AvgIpc) is 3.47. The Balaban J connectivity index is 1.43. The molecule has 10 nitrogen and oxygen atoms in total. The highest BCUT2D eigenvalue weighted by atomic mass is 16.5. The minimum Gasteiger partial charge on any atom is -0.503 e. The highest BCUT2D eigenvalue weighted by Gasteiger charge is 2.23. The summed E-state index contributed by atoms with van der Waals surface area (Å²) in [6, 6.07) is 10.7. The highest BCUT2D eigenvalue weighted by molar-refractivity contribution is 5.75. The summed E-state index contributed by atoms with van der Waals surface area (Å²) in [6.07, 6.45) is 4.12. The van der Waals surface area contributed by atoms with E-state index in [1.807, 2.05) is 19.9 Å². The van der Waals surface area contributed by atoms with Crippen LogP contribution in [0.25, 0.3) is 23.2 Å². The largest absolute Gasteiger partial charge is 0.503 e. The van der Waals surface area contributed by atoms with Crippen molar-refractivity contribution < 1.29 is 9.84 Å². The molecule has 1 aliphatic carbocycles. The summed E-state index contributed by atoms with van der Waals surface area (Å²) in [5.41, 5.74) is 4.62. The maximum absolute atomic E-state index is 10.8. The summed E-state index contributed by atoms with van der Waals surface area (Å²) in [4.78, 5) is 8.67. The van der Waals surface area contributed by atoms with E-state index in [0.717, 1.165) is 22.7 Å². The van der Waals surface area contributed by atoms with E-state index in [0.29, 0.717) is 47.3 Å². The zero-order valence-corrected chi connectivity index (χ0v) is 18.9. The fourth-order valence-corrected chi connectivity index (χ4v) is 3.97. The number of rotatable bonds is 6. The van der Waals surface area contributed by atoms with E-state index in [1.54, 1.807) is 46.7 Å². The number of fused-ring (bicyclic) bond motifs is 1. The molecule has 5 rings (SSSR count). The van der Waals surface area contributed by atoms with E-state index < -0.39 is 0 Å². The van der Waals surface area contributed by atoms with E-state index in [2.05, 4.69) is 31.6 Å². The van der Waals surface area contributed by atoms with Gasteiger partial charge in [-0.25, -0.2) is 19.3 Å². The first-order valence-corrected chi connectivity index (χ1v) is 10.8. The fraction of sp³-hybridized carbons (Fsp3) is 0.208. The van der Waals surface area contributed by atoms with Gasteiger partial charge in [-0.05, 0) is 26.0 Å². The molecule has 3 aromatic heterocycles. The van der Waals surface area contributed by atoms with Gasteiger partial charge >= 0.3 is 0 Å². The molecular formula is C24H22N8O2. The van der Waals surface area contributed by atoms with Crippen molar-refractivity contribution in [3.63, 3.8) is 0 Å². The van der Waals surface area contributed by atoms with Crippen molar-refractivity contribution in [2.45, 2.75) is 20.3 Å². The molecule has 3 heterocycles. The number of aryl methyl sites for hydroxylation is 1. The lowest BCUT2D eigenvalue weighted by Crippen LogP contribution is -2.06. The van der Waals surface area contributed by atoms with Crippen molar-refractivity contribution >= 4 is 17.7 Å². The minimum absolute atomic E-state index is 0.0183. The molecule has 0 fully saturated rings. The van der Waals surface area contributed by atoms with Gasteiger partial charge in [0.05, 0.1) is 23.9 Å². The van der Waals surface area contributed by atoms with Crippen molar-refractivity contribution in [2.75, 3.05) is 11.9 Å². The molecule has 0 radical (unpaired) electrons. The quantitative estimate of drug-likeness (QED) is 0.452. The molecule has 34 heavy (non-hydrogen) atoms. The molecule has 1 aromatic carbocycles. The van der Waals surface area contributed by atoms with Gasteiger partial charge in [0.1, 0.15) is 23.6 Å². The van der Waals surface area contributed by atoms with Gasteiger partial charge in [0.25, 0.3) is 0 Å². The molecule has 2 N–H and O–H groups in total. The molecule has 0 aliphatic heterocycles. The normalized spacial score (nSPS) is 12.2. The summed E-state index contributed by atoms with van der Waals surface area (Å²) in [5, 5.41) is 32.1. The number of nitrogens with one attached hydrogen (secondary N) is 1. The van der Waals surface area contributed by atoms with Crippen LogP contribution in [0, 0.1) is 18.3 Å². The van der Waals surface area contributed by atoms with E-state index in [-0.39, 0.29) is 5.75 Å². The molecule has 0 saturated carbocycles. The molecule has 0 amide bonds. The smallest absolute Gasteiger partial charge is 0.186 e. The van der Waals surface area contributed by atoms with Crippen molar-refractivity contribution in [1.29, 1.82) is 5.26 Å². The van der Waals surface area contributed by atoms with Crippen LogP contribution in [0.4, 0.5) is 11.6 Å². The van der Waals surface area contributed by atoms with Crippen LogP contribution in [0.3, 0.4) is 0 Å². The van der Waals surface area contributed by atoms with Crippen LogP contribution in [0.1, 0.15) is 29.4 Å². The van der Waals surface area contributed by atoms with Gasteiger partial charge in [-0.1, -0.05) is 12.1 Å². The second kappa shape index (κ2) is 8.37. The number of allylic oxidation sites excluding steroid dienone is 1. The lowest BCUT2D eigenvalue weighted by molar-refractivity contribution is 0.228. The molecular weight excluding hydrogens is 432 g/mol. The molecule has 0 unspecified atom stereocenters. The number of hydrogen-bond donors (Lipinski definition) is 2. The number of nitrogens with zero attached hydrogens (tertiary/aromatic N) is 7. The van der Waals surface area contributed by atoms with Crippen molar-refractivity contribution in [3.05, 3.63) is 64.9 Å². The van der Waals surface area contributed by atoms with Gasteiger partial charge in [-0.3, -0.25) is 0 Å². The zero-order chi connectivity index (χ0) is 23.8. The first-order valence-electron chi connectivity index (χ1n) is 10.8. The minimum atomic E-state index is -0.0183. The Morgan fingerprint density at radius 3 is 2.71 bits per heavy atom. The predicted molar refractivity (Wildman–Crippen MR) is 126 cm³/mol. The van der Waals surface area contributed by atoms with Crippen LogP contribution < -0.4 is 5.32 Å². The third-order valence-corrected chi connectivity index (χ3v) is 5.68. The van der Waals surface area contributed by atoms with E-state index in [9.17, 15) is 5.11 Å². The average molecular weight is 454 g/mol. The fourth-order valence-electron chi connectivity index (χ4n) is 3.97. The number of aromatic hydroxyl groups is 1. The molecule has 1 aliphatic rings. The Kier molecular flexibility index (Phi) is 5.22. The molecule has 4 aromatic rings. The lowest BCUT2D eigenvalue weighted by atomic mass is 10.1. The first-order chi connectivity index (χ1) is 16.5. The predicted octanol–water partition coefficient (Wildman–Crippen LogP) is 3.63. The Hall–Kier alpha value is -4.65. The second-order valence-electron chi connectivity index (χ2n) is 7.83. The molecule has 10 heteroatoms. The van der Waals surface area contributed by atoms with Gasteiger partial charge < -0.3 is 15.2 Å². The number of nitriles is 1. The topological polar surface area (TPSA) is 127 Å². The van der Waals surface area contributed by atoms with E-state index >= 15 is 0 Å². The van der Waals surface area contributed by atoms with Crippen LogP contribution in [0.15, 0.2) is 42.4 Å². The summed E-state index contributed by atoms with van der Waals surface area (Å²) in [7, 11) is 1.72. The summed E-state index contributed by atoms with van der Waals surface area (Å²) < 4.78 is 8.95. The summed E-state index contributed by atoms with van der Waals surface area (Å²) in [6.45, 7) is 4.59. The lowest BCUT2D eigenvalue weighted by Gasteiger charge is -2.09. The molecule has 0 saturated heterocycles. The van der Waals surface area contributed by atoms with Gasteiger partial charge in [0, 0.05) is 42.4 Å². The monoisotopic (exact) mass is 454 g/mol. The van der Waals surface area contributed by atoms with Crippen LogP contribution in [-0.2, 0) is 18.2 Å². The number of ether oxygens (including phenoxy) is 1. The Morgan fingerprint density at radius 2 is 2.00 bits per heavy atom. The number of benzene rings is 1. The van der Waals surface area contributed by atoms with Gasteiger partial charge in [-0.15, -0.1) is 0 Å². The van der Waals surface area contributed by atoms with E-state index in [4.69, 9.17) is 10.00 Å². The standard InChI is InChI=1S/C24H22N8O2/c1-4-34-17-9-18-14(2)32(29-19(18)10-17)21-11-20(26-13-27-21)28-24-23(33)22(30-31(24)3)16-7-5-15(12-25)6-8-16/h5-8,10-11,13,33H,4,9H2,1-3H3,(H,26,27,28). The Labute approximate surface area is 195 Å². The van der Waals surface area contributed by atoms with Gasteiger partial charge in [0.2, 0.25) is 0 Å². The van der Waals surface area contributed by atoms with Gasteiger partial charge in [-0.2, -0.15) is 15.5 Å². The van der Waals surface area contributed by atoms with Crippen molar-refractivity contribution in [2.24, 2.45) is 7.05 Å². The van der Waals surface area contributed by atoms with Crippen molar-refractivity contribution in [3.8, 4) is 28.9 Å². The first kappa shape index (κ1) is 21.2. The molecule has 0 spiro atoms. The molecule has 0 atom stereocenters. The highest BCUT2D eigenvalue weighted by Crippen LogP contribution is 2.36. The third-order valence-electron chi connectivity index (χ3n) is 5.68. The zero-order valence-electron chi connectivity index (χ0n) is 18.9. The van der Waals surface area contributed by atoms with Crippen LogP contribution >= 0.6 is 0 Å². The Morgan fingerprint density at radius 1 is 1.21 bits per heavy atom. The number of hydrogen-bond acceptors (Lipinski definition) is 8. The maximum Gasteiger partial charge on any atom is 0.186 e. The second-order valence-corrected chi connectivity index (χ2v) is 7.83. The SMILES string of the molecule is CCOC1=Cc2nn(-c3cc(Nc4c(O)c(-c5ccc(C#N)cc5)nn4C)ncn3)c(C)c2C1. The molecule has 0 bridgehead atoms. The van der Waals surface area contributed by atoms with Gasteiger partial charge in [0.15, 0.2) is 17.4 Å². The number of anilines is 2. The van der Waals surface area contributed by atoms with E-state index in [1.165, 1.54) is 6.33 Å². The summed E-state index contributed by atoms with van der Waals surface area (Å²) in [5.74, 6) is 2.37. The third kappa shape index (κ3) is 3.63. The van der Waals surface area contributed by atoms with Crippen LogP contribution in [-0.4, -0.2) is 41.2 Å². The number of aromatic nitrogens is 6. The summed E-state index contributed by atoms with van der Waals surface area (Å²) >= 11 is 0. The Bertz CT molecular complexity index is 1460. The van der Waals surface area contributed by atoms with Crippen LogP contribution in [0.2, 0.25) is 0 Å². The maximum atomic E-state index is 10.8. The van der Waals surface area contributed by atoms with Crippen molar-refractivity contribution in [1.82, 2.24) is 29.5 Å².